The zero-order chi connectivity index (χ0) is 20.7. The van der Waals surface area contributed by atoms with Crippen molar-refractivity contribution in [3.63, 3.8) is 0 Å². The van der Waals surface area contributed by atoms with Crippen LogP contribution in [0.3, 0.4) is 0 Å². The van der Waals surface area contributed by atoms with E-state index in [1.54, 1.807) is 0 Å². The van der Waals surface area contributed by atoms with Crippen molar-refractivity contribution in [3.8, 4) is 5.75 Å². The summed E-state index contributed by atoms with van der Waals surface area (Å²) in [7, 11) is 0. The molecule has 0 spiro atoms. The van der Waals surface area contributed by atoms with Gasteiger partial charge < -0.3 is 25.8 Å². The van der Waals surface area contributed by atoms with E-state index in [0.29, 0.717) is 19.6 Å². The van der Waals surface area contributed by atoms with E-state index in [2.05, 4.69) is 23.6 Å². The molecular formula is C23H35Cl2N3O3. The average molecular weight is 472 g/mol. The first kappa shape index (κ1) is 29.0. The maximum atomic E-state index is 11.7. The molecule has 2 rings (SSSR count). The Bertz CT molecular complexity index is 720. The van der Waals surface area contributed by atoms with Crippen molar-refractivity contribution >= 4 is 30.9 Å². The van der Waals surface area contributed by atoms with Crippen LogP contribution >= 0.6 is 24.8 Å². The largest absolute Gasteiger partial charge is 0.493 e. The maximum absolute atomic E-state index is 11.7. The second-order valence-corrected chi connectivity index (χ2v) is 6.97. The van der Waals surface area contributed by atoms with Crippen molar-refractivity contribution in [2.75, 3.05) is 26.2 Å². The lowest BCUT2D eigenvalue weighted by Crippen LogP contribution is -2.39. The minimum Gasteiger partial charge on any atom is -0.493 e. The second-order valence-electron chi connectivity index (χ2n) is 6.97. The molecule has 2 aromatic rings. The van der Waals surface area contributed by atoms with Crippen molar-refractivity contribution in [2.45, 2.75) is 38.8 Å². The van der Waals surface area contributed by atoms with Crippen LogP contribution in [0.1, 0.15) is 30.9 Å². The zero-order valence-corrected chi connectivity index (χ0v) is 19.7. The molecule has 0 radical (unpaired) electrons. The summed E-state index contributed by atoms with van der Waals surface area (Å²) in [6.45, 7) is 4.91. The van der Waals surface area contributed by atoms with Gasteiger partial charge in [-0.3, -0.25) is 0 Å². The number of hydrogen-bond donors (Lipinski definition) is 3. The molecule has 0 aliphatic heterocycles. The monoisotopic (exact) mass is 471 g/mol. The number of amides is 1. The molecular weight excluding hydrogens is 437 g/mol. The van der Waals surface area contributed by atoms with Crippen LogP contribution in [0.15, 0.2) is 54.6 Å². The predicted molar refractivity (Wildman–Crippen MR) is 131 cm³/mol. The molecule has 0 aromatic heterocycles. The van der Waals surface area contributed by atoms with Crippen molar-refractivity contribution in [2.24, 2.45) is 5.73 Å². The van der Waals surface area contributed by atoms with E-state index in [-0.39, 0.29) is 37.5 Å². The molecule has 0 aliphatic rings. The van der Waals surface area contributed by atoms with Crippen molar-refractivity contribution in [3.05, 3.63) is 65.7 Å². The highest BCUT2D eigenvalue weighted by Crippen LogP contribution is 2.19. The number of ether oxygens (including phenoxy) is 2. The van der Waals surface area contributed by atoms with Gasteiger partial charge in [-0.15, -0.1) is 24.8 Å². The Morgan fingerprint density at radius 1 is 1.03 bits per heavy atom. The van der Waals surface area contributed by atoms with Gasteiger partial charge >= 0.3 is 6.09 Å². The van der Waals surface area contributed by atoms with Crippen LogP contribution in [0.2, 0.25) is 0 Å². The highest BCUT2D eigenvalue weighted by molar-refractivity contribution is 5.85. The highest BCUT2D eigenvalue weighted by Gasteiger charge is 2.09. The molecule has 0 saturated carbocycles. The van der Waals surface area contributed by atoms with Gasteiger partial charge in [-0.1, -0.05) is 61.9 Å². The Hall–Kier alpha value is -1.99. The molecule has 0 fully saturated rings. The lowest BCUT2D eigenvalue weighted by molar-refractivity contribution is 0.139. The number of nitrogens with one attached hydrogen (secondary N) is 2. The fraction of sp³-hybridized carbons (Fsp3) is 0.435. The van der Waals surface area contributed by atoms with E-state index in [1.807, 2.05) is 48.5 Å². The van der Waals surface area contributed by atoms with E-state index in [4.69, 9.17) is 15.2 Å². The summed E-state index contributed by atoms with van der Waals surface area (Å²) in [6, 6.07) is 17.6. The Balaban J connectivity index is 0.00000450. The van der Waals surface area contributed by atoms with Gasteiger partial charge in [-0.2, -0.15) is 0 Å². The molecule has 8 heteroatoms. The smallest absolute Gasteiger partial charge is 0.407 e. The Morgan fingerprint density at radius 3 is 2.48 bits per heavy atom. The third kappa shape index (κ3) is 12.5. The van der Waals surface area contributed by atoms with Gasteiger partial charge in [0.25, 0.3) is 0 Å². The van der Waals surface area contributed by atoms with Crippen LogP contribution in [0.4, 0.5) is 4.79 Å². The van der Waals surface area contributed by atoms with Gasteiger partial charge in [-0.05, 0) is 30.0 Å². The number of rotatable bonds is 13. The number of para-hydroxylation sites is 1. The first-order valence-corrected chi connectivity index (χ1v) is 10.3. The molecule has 2 aromatic carbocycles. The molecule has 0 saturated heterocycles. The van der Waals surface area contributed by atoms with Gasteiger partial charge in [0.2, 0.25) is 0 Å². The Kier molecular flexibility index (Phi) is 16.5. The summed E-state index contributed by atoms with van der Waals surface area (Å²) in [5, 5.41) is 6.00. The van der Waals surface area contributed by atoms with Crippen molar-refractivity contribution in [1.29, 1.82) is 0 Å². The molecule has 1 atom stereocenters. The van der Waals surface area contributed by atoms with E-state index >= 15 is 0 Å². The van der Waals surface area contributed by atoms with Crippen molar-refractivity contribution in [1.82, 2.24) is 10.6 Å². The van der Waals surface area contributed by atoms with Gasteiger partial charge in [0.1, 0.15) is 12.4 Å². The van der Waals surface area contributed by atoms with Gasteiger partial charge in [-0.25, -0.2) is 4.79 Å². The van der Waals surface area contributed by atoms with Crippen LogP contribution in [-0.4, -0.2) is 38.4 Å². The number of nitrogens with two attached hydrogens (primary N) is 1. The number of alkyl carbamates (subject to hydrolysis) is 1. The number of carbonyl (C=O) groups is 1. The Morgan fingerprint density at radius 2 is 1.74 bits per heavy atom. The molecule has 6 nitrogen and oxygen atoms in total. The minimum atomic E-state index is -0.418. The van der Waals surface area contributed by atoms with Gasteiger partial charge in [0.05, 0.1) is 6.61 Å². The summed E-state index contributed by atoms with van der Waals surface area (Å²) < 4.78 is 11.0. The van der Waals surface area contributed by atoms with Gasteiger partial charge in [0, 0.05) is 25.7 Å². The van der Waals surface area contributed by atoms with E-state index in [1.165, 1.54) is 0 Å². The third-order valence-corrected chi connectivity index (χ3v) is 4.40. The summed E-state index contributed by atoms with van der Waals surface area (Å²) in [4.78, 5) is 11.7. The average Bonchev–Trinajstić information content (AvgIpc) is 2.74. The fourth-order valence-corrected chi connectivity index (χ4v) is 2.81. The molecule has 4 N–H and O–H groups in total. The normalized spacial score (nSPS) is 10.9. The number of halogens is 2. The van der Waals surface area contributed by atoms with Crippen LogP contribution in [0.5, 0.6) is 5.75 Å². The van der Waals surface area contributed by atoms with Crippen LogP contribution < -0.4 is 21.1 Å². The molecule has 1 unspecified atom stereocenters. The lowest BCUT2D eigenvalue weighted by Gasteiger charge is -2.16. The molecule has 0 aliphatic carbocycles. The maximum Gasteiger partial charge on any atom is 0.407 e. The summed E-state index contributed by atoms with van der Waals surface area (Å²) in [6.07, 6.45) is 2.47. The highest BCUT2D eigenvalue weighted by atomic mass is 35.5. The van der Waals surface area contributed by atoms with Crippen LogP contribution in [0.25, 0.3) is 0 Å². The van der Waals surface area contributed by atoms with Crippen LogP contribution in [0, 0.1) is 0 Å². The number of unbranched alkanes of at least 4 members (excludes halogenated alkanes) is 1. The summed E-state index contributed by atoms with van der Waals surface area (Å²) in [5.74, 6) is 0.916. The topological polar surface area (TPSA) is 85.6 Å². The fourth-order valence-electron chi connectivity index (χ4n) is 2.81. The number of benzene rings is 2. The van der Waals surface area contributed by atoms with Gasteiger partial charge in [0.15, 0.2) is 0 Å². The quantitative estimate of drug-likeness (QED) is 0.383. The summed E-state index contributed by atoms with van der Waals surface area (Å²) in [5.41, 5.74) is 8.34. The third-order valence-electron chi connectivity index (χ3n) is 4.40. The lowest BCUT2D eigenvalue weighted by atomic mass is 10.1. The first-order chi connectivity index (χ1) is 14.2. The standard InChI is InChI=1S/C23H33N3O3.2ClH/c1-2-3-15-28-22-12-8-7-11-20(22)16-21(24)17-25-13-14-26-23(27)29-18-19-9-5-4-6-10-19;;/h4-12,21,25H,2-3,13-18,24H2,1H3,(H,26,27);2*1H. The van der Waals surface area contributed by atoms with E-state index in [0.717, 1.165) is 42.7 Å². The molecule has 0 bridgehead atoms. The number of carbonyl (C=O) groups excluding carboxylic acids is 1. The van der Waals surface area contributed by atoms with E-state index in [9.17, 15) is 4.79 Å². The molecule has 0 heterocycles. The first-order valence-electron chi connectivity index (χ1n) is 10.3. The minimum absolute atomic E-state index is 0. The molecule has 1 amide bonds. The molecule has 174 valence electrons. The Labute approximate surface area is 198 Å². The summed E-state index contributed by atoms with van der Waals surface area (Å²) >= 11 is 0. The number of hydrogen-bond acceptors (Lipinski definition) is 5. The van der Waals surface area contributed by atoms with Crippen LogP contribution in [-0.2, 0) is 17.8 Å². The van der Waals surface area contributed by atoms with Crippen molar-refractivity contribution < 1.29 is 14.3 Å². The predicted octanol–water partition coefficient (Wildman–Crippen LogP) is 4.09. The SMILES string of the molecule is CCCCOc1ccccc1CC(N)CNCCNC(=O)OCc1ccccc1.Cl.Cl. The molecule has 31 heavy (non-hydrogen) atoms. The van der Waals surface area contributed by atoms with E-state index < -0.39 is 6.09 Å². The second kappa shape index (κ2) is 17.7. The zero-order valence-electron chi connectivity index (χ0n) is 18.0.